The molecule has 1 aliphatic rings. The molecule has 1 aliphatic heterocycles. The maximum atomic E-state index is 11.7. The number of anilines is 1. The SMILES string of the molecule is Cc1nn(C)c(N2CCCC2C(N)=O)c1CNC(C)(C)C. The Labute approximate surface area is 126 Å². The van der Waals surface area contributed by atoms with Crippen LogP contribution in [0.5, 0.6) is 0 Å². The lowest BCUT2D eigenvalue weighted by molar-refractivity contribution is -0.119. The number of hydrogen-bond acceptors (Lipinski definition) is 4. The van der Waals surface area contributed by atoms with Gasteiger partial charge in [-0.2, -0.15) is 5.10 Å². The number of nitrogens with two attached hydrogens (primary N) is 1. The summed E-state index contributed by atoms with van der Waals surface area (Å²) in [7, 11) is 1.93. The Balaban J connectivity index is 2.32. The van der Waals surface area contributed by atoms with E-state index >= 15 is 0 Å². The highest BCUT2D eigenvalue weighted by Crippen LogP contribution is 2.30. The first kappa shape index (κ1) is 15.8. The fraction of sp³-hybridized carbons (Fsp3) is 0.733. The summed E-state index contributed by atoms with van der Waals surface area (Å²) in [6.07, 6.45) is 1.82. The van der Waals surface area contributed by atoms with Crippen LogP contribution >= 0.6 is 0 Å². The van der Waals surface area contributed by atoms with Gasteiger partial charge in [-0.15, -0.1) is 0 Å². The summed E-state index contributed by atoms with van der Waals surface area (Å²) in [5.74, 6) is 0.770. The molecule has 6 heteroatoms. The molecule has 1 unspecified atom stereocenters. The molecule has 0 saturated carbocycles. The average molecular weight is 293 g/mol. The smallest absolute Gasteiger partial charge is 0.240 e. The molecule has 0 radical (unpaired) electrons. The van der Waals surface area contributed by atoms with E-state index in [-0.39, 0.29) is 17.5 Å². The molecule has 1 fully saturated rings. The van der Waals surface area contributed by atoms with E-state index in [1.807, 2.05) is 18.7 Å². The van der Waals surface area contributed by atoms with Crippen LogP contribution in [0.4, 0.5) is 5.82 Å². The fourth-order valence-electron chi connectivity index (χ4n) is 2.93. The molecule has 21 heavy (non-hydrogen) atoms. The Bertz CT molecular complexity index is 529. The van der Waals surface area contributed by atoms with Crippen molar-refractivity contribution in [2.45, 2.75) is 58.7 Å². The lowest BCUT2D eigenvalue weighted by Crippen LogP contribution is -2.42. The van der Waals surface area contributed by atoms with E-state index in [9.17, 15) is 4.79 Å². The molecule has 1 aromatic rings. The predicted molar refractivity (Wildman–Crippen MR) is 84.1 cm³/mol. The molecule has 1 aromatic heterocycles. The number of nitrogens with zero attached hydrogens (tertiary/aromatic N) is 3. The van der Waals surface area contributed by atoms with Gasteiger partial charge in [-0.05, 0) is 40.5 Å². The highest BCUT2D eigenvalue weighted by atomic mass is 16.1. The van der Waals surface area contributed by atoms with Crippen molar-refractivity contribution in [2.75, 3.05) is 11.4 Å². The molecular weight excluding hydrogens is 266 g/mol. The van der Waals surface area contributed by atoms with E-state index in [2.05, 4.69) is 36.1 Å². The van der Waals surface area contributed by atoms with Gasteiger partial charge in [0, 0.05) is 31.2 Å². The van der Waals surface area contributed by atoms with Crippen LogP contribution in [-0.4, -0.2) is 33.8 Å². The highest BCUT2D eigenvalue weighted by molar-refractivity contribution is 5.84. The topological polar surface area (TPSA) is 76.2 Å². The second kappa shape index (κ2) is 5.67. The van der Waals surface area contributed by atoms with Crippen LogP contribution in [0.25, 0.3) is 0 Å². The highest BCUT2D eigenvalue weighted by Gasteiger charge is 2.33. The zero-order valence-corrected chi connectivity index (χ0v) is 13.7. The lowest BCUT2D eigenvalue weighted by atomic mass is 10.1. The van der Waals surface area contributed by atoms with E-state index < -0.39 is 0 Å². The molecule has 0 aromatic carbocycles. The summed E-state index contributed by atoms with van der Waals surface area (Å²) >= 11 is 0. The van der Waals surface area contributed by atoms with Crippen molar-refractivity contribution in [3.63, 3.8) is 0 Å². The fourth-order valence-corrected chi connectivity index (χ4v) is 2.93. The first-order valence-corrected chi connectivity index (χ1v) is 7.54. The Hall–Kier alpha value is -1.56. The van der Waals surface area contributed by atoms with Crippen molar-refractivity contribution in [1.82, 2.24) is 15.1 Å². The van der Waals surface area contributed by atoms with Crippen LogP contribution in [0.1, 0.15) is 44.9 Å². The largest absolute Gasteiger partial charge is 0.368 e. The normalized spacial score (nSPS) is 19.3. The van der Waals surface area contributed by atoms with Crippen LogP contribution in [0.3, 0.4) is 0 Å². The van der Waals surface area contributed by atoms with Gasteiger partial charge in [0.15, 0.2) is 0 Å². The van der Waals surface area contributed by atoms with Crippen molar-refractivity contribution >= 4 is 11.7 Å². The number of aryl methyl sites for hydroxylation is 2. The minimum Gasteiger partial charge on any atom is -0.368 e. The first-order valence-electron chi connectivity index (χ1n) is 7.54. The molecular formula is C15H27N5O. The molecule has 3 N–H and O–H groups in total. The average Bonchev–Trinajstić information content (AvgIpc) is 2.89. The number of nitrogens with one attached hydrogen (secondary N) is 1. The second-order valence-corrected chi connectivity index (χ2v) is 6.87. The monoisotopic (exact) mass is 293 g/mol. The van der Waals surface area contributed by atoms with Crippen LogP contribution in [0.15, 0.2) is 0 Å². The Morgan fingerprint density at radius 1 is 1.48 bits per heavy atom. The standard InChI is InChI=1S/C15H27N5O/c1-10-11(9-17-15(2,3)4)14(19(5)18-10)20-8-6-7-12(20)13(16)21/h12,17H,6-9H2,1-5H3,(H2,16,21). The van der Waals surface area contributed by atoms with Crippen molar-refractivity contribution in [3.8, 4) is 0 Å². The van der Waals surface area contributed by atoms with Crippen molar-refractivity contribution in [1.29, 1.82) is 0 Å². The number of carbonyl (C=O) groups excluding carboxylic acids is 1. The van der Waals surface area contributed by atoms with E-state index in [0.717, 1.165) is 43.0 Å². The summed E-state index contributed by atoms with van der Waals surface area (Å²) in [5, 5.41) is 8.04. The molecule has 1 saturated heterocycles. The molecule has 1 amide bonds. The van der Waals surface area contributed by atoms with Gasteiger partial charge in [0.25, 0.3) is 0 Å². The van der Waals surface area contributed by atoms with E-state index in [1.54, 1.807) is 0 Å². The third kappa shape index (κ3) is 3.37. The summed E-state index contributed by atoms with van der Waals surface area (Å²) < 4.78 is 1.87. The molecule has 1 atom stereocenters. The number of rotatable bonds is 4. The molecule has 0 aliphatic carbocycles. The van der Waals surface area contributed by atoms with Gasteiger partial charge in [0.2, 0.25) is 5.91 Å². The minimum absolute atomic E-state index is 0.0354. The molecule has 0 spiro atoms. The van der Waals surface area contributed by atoms with Crippen LogP contribution in [0, 0.1) is 6.92 Å². The number of primary amides is 1. The van der Waals surface area contributed by atoms with Gasteiger partial charge in [0.05, 0.1) is 5.69 Å². The molecule has 118 valence electrons. The Morgan fingerprint density at radius 3 is 2.71 bits per heavy atom. The van der Waals surface area contributed by atoms with Gasteiger partial charge < -0.3 is 16.0 Å². The van der Waals surface area contributed by atoms with Gasteiger partial charge >= 0.3 is 0 Å². The summed E-state index contributed by atoms with van der Waals surface area (Å²) in [5.41, 5.74) is 7.74. The minimum atomic E-state index is -0.249. The summed E-state index contributed by atoms with van der Waals surface area (Å²) in [6, 6.07) is -0.215. The number of aromatic nitrogens is 2. The molecule has 2 heterocycles. The van der Waals surface area contributed by atoms with Crippen LogP contribution in [-0.2, 0) is 18.4 Å². The number of carbonyl (C=O) groups is 1. The third-order valence-electron chi connectivity index (χ3n) is 3.96. The quantitative estimate of drug-likeness (QED) is 0.870. The molecule has 0 bridgehead atoms. The number of amides is 1. The van der Waals surface area contributed by atoms with Crippen molar-refractivity contribution < 1.29 is 4.79 Å². The molecule has 2 rings (SSSR count). The van der Waals surface area contributed by atoms with Crippen LogP contribution < -0.4 is 16.0 Å². The van der Waals surface area contributed by atoms with Crippen molar-refractivity contribution in [3.05, 3.63) is 11.3 Å². The van der Waals surface area contributed by atoms with E-state index in [1.165, 1.54) is 0 Å². The maximum absolute atomic E-state index is 11.7. The first-order chi connectivity index (χ1) is 9.70. The summed E-state index contributed by atoms with van der Waals surface area (Å²) in [6.45, 7) is 10.0. The third-order valence-corrected chi connectivity index (χ3v) is 3.96. The maximum Gasteiger partial charge on any atom is 0.240 e. The Kier molecular flexibility index (Phi) is 4.27. The predicted octanol–water partition coefficient (Wildman–Crippen LogP) is 1.07. The zero-order valence-electron chi connectivity index (χ0n) is 13.7. The van der Waals surface area contributed by atoms with Gasteiger partial charge in [0.1, 0.15) is 11.9 Å². The van der Waals surface area contributed by atoms with Crippen LogP contribution in [0.2, 0.25) is 0 Å². The zero-order chi connectivity index (χ0) is 15.8. The van der Waals surface area contributed by atoms with E-state index in [4.69, 9.17) is 5.73 Å². The van der Waals surface area contributed by atoms with Gasteiger partial charge in [-0.1, -0.05) is 0 Å². The van der Waals surface area contributed by atoms with E-state index in [0.29, 0.717) is 0 Å². The number of hydrogen-bond donors (Lipinski definition) is 2. The van der Waals surface area contributed by atoms with Gasteiger partial charge in [-0.3, -0.25) is 9.48 Å². The van der Waals surface area contributed by atoms with Crippen molar-refractivity contribution in [2.24, 2.45) is 12.8 Å². The second-order valence-electron chi connectivity index (χ2n) is 6.87. The Morgan fingerprint density at radius 2 is 2.14 bits per heavy atom. The summed E-state index contributed by atoms with van der Waals surface area (Å²) in [4.78, 5) is 13.8. The van der Waals surface area contributed by atoms with Gasteiger partial charge in [-0.25, -0.2) is 0 Å². The lowest BCUT2D eigenvalue weighted by Gasteiger charge is -2.27. The molecule has 6 nitrogen and oxygen atoms in total.